The second-order valence-corrected chi connectivity index (χ2v) is 4.64. The SMILES string of the molecule is CCCNC(=O)NCC1(C(F)(F)F)CCNCC1. The van der Waals surface area contributed by atoms with Crippen LogP contribution < -0.4 is 16.0 Å². The molecule has 1 rings (SSSR count). The lowest BCUT2D eigenvalue weighted by molar-refractivity contribution is -0.229. The van der Waals surface area contributed by atoms with Gasteiger partial charge in [-0.05, 0) is 32.4 Å². The maximum absolute atomic E-state index is 13.1. The van der Waals surface area contributed by atoms with E-state index in [4.69, 9.17) is 0 Å². The molecule has 0 aliphatic carbocycles. The average Bonchev–Trinajstić information content (AvgIpc) is 2.33. The number of hydrogen-bond acceptors (Lipinski definition) is 2. The van der Waals surface area contributed by atoms with Crippen LogP contribution in [-0.2, 0) is 0 Å². The molecule has 4 nitrogen and oxygen atoms in total. The Morgan fingerprint density at radius 2 is 1.89 bits per heavy atom. The minimum absolute atomic E-state index is 0.00452. The first-order valence-electron chi connectivity index (χ1n) is 6.20. The van der Waals surface area contributed by atoms with Crippen molar-refractivity contribution in [2.45, 2.75) is 32.4 Å². The van der Waals surface area contributed by atoms with Crippen molar-refractivity contribution in [3.63, 3.8) is 0 Å². The fraction of sp³-hybridized carbons (Fsp3) is 0.909. The minimum Gasteiger partial charge on any atom is -0.338 e. The number of carbonyl (C=O) groups excluding carboxylic acids is 1. The first kappa shape index (κ1) is 15.1. The maximum Gasteiger partial charge on any atom is 0.396 e. The molecular weight excluding hydrogens is 247 g/mol. The number of halogens is 3. The van der Waals surface area contributed by atoms with Crippen molar-refractivity contribution in [1.29, 1.82) is 0 Å². The Hall–Kier alpha value is -0.980. The highest BCUT2D eigenvalue weighted by Gasteiger charge is 2.54. The molecule has 1 fully saturated rings. The zero-order chi connectivity index (χ0) is 13.6. The number of amides is 2. The van der Waals surface area contributed by atoms with E-state index >= 15 is 0 Å². The molecule has 2 amide bonds. The third-order valence-corrected chi connectivity index (χ3v) is 3.28. The van der Waals surface area contributed by atoms with Gasteiger partial charge in [0.2, 0.25) is 0 Å². The van der Waals surface area contributed by atoms with Crippen LogP contribution in [0.15, 0.2) is 0 Å². The highest BCUT2D eigenvalue weighted by atomic mass is 19.4. The first-order valence-corrected chi connectivity index (χ1v) is 6.20. The summed E-state index contributed by atoms with van der Waals surface area (Å²) in [6.45, 7) is 2.65. The zero-order valence-electron chi connectivity index (χ0n) is 10.5. The first-order chi connectivity index (χ1) is 8.41. The number of alkyl halides is 3. The zero-order valence-corrected chi connectivity index (χ0v) is 10.5. The second kappa shape index (κ2) is 6.26. The predicted octanol–water partition coefficient (Wildman–Crippen LogP) is 1.63. The van der Waals surface area contributed by atoms with E-state index in [2.05, 4.69) is 16.0 Å². The van der Waals surface area contributed by atoms with Gasteiger partial charge in [-0.2, -0.15) is 13.2 Å². The molecule has 3 N–H and O–H groups in total. The Kier molecular flexibility index (Phi) is 5.25. The average molecular weight is 267 g/mol. The van der Waals surface area contributed by atoms with E-state index in [1.807, 2.05) is 6.92 Å². The molecule has 0 atom stereocenters. The number of nitrogens with one attached hydrogen (secondary N) is 3. The van der Waals surface area contributed by atoms with Gasteiger partial charge in [0.1, 0.15) is 0 Å². The van der Waals surface area contributed by atoms with Crippen molar-refractivity contribution in [3.05, 3.63) is 0 Å². The maximum atomic E-state index is 13.1. The van der Waals surface area contributed by atoms with E-state index in [9.17, 15) is 18.0 Å². The molecule has 0 saturated carbocycles. The number of urea groups is 1. The number of piperidine rings is 1. The molecule has 0 radical (unpaired) electrons. The Morgan fingerprint density at radius 1 is 1.28 bits per heavy atom. The predicted molar refractivity (Wildman–Crippen MR) is 62.3 cm³/mol. The molecule has 1 heterocycles. The number of rotatable bonds is 4. The summed E-state index contributed by atoms with van der Waals surface area (Å²) in [5, 5.41) is 7.75. The van der Waals surface area contributed by atoms with Crippen LogP contribution in [0.5, 0.6) is 0 Å². The lowest BCUT2D eigenvalue weighted by atomic mass is 9.78. The van der Waals surface area contributed by atoms with Crippen molar-refractivity contribution in [2.75, 3.05) is 26.2 Å². The van der Waals surface area contributed by atoms with Crippen LogP contribution in [0.25, 0.3) is 0 Å². The van der Waals surface area contributed by atoms with Crippen LogP contribution in [0.4, 0.5) is 18.0 Å². The van der Waals surface area contributed by atoms with Crippen LogP contribution in [0.2, 0.25) is 0 Å². The summed E-state index contributed by atoms with van der Waals surface area (Å²) < 4.78 is 39.3. The quantitative estimate of drug-likeness (QED) is 0.725. The monoisotopic (exact) mass is 267 g/mol. The van der Waals surface area contributed by atoms with Gasteiger partial charge in [-0.3, -0.25) is 0 Å². The van der Waals surface area contributed by atoms with Crippen LogP contribution in [0.1, 0.15) is 26.2 Å². The van der Waals surface area contributed by atoms with Gasteiger partial charge in [-0.15, -0.1) is 0 Å². The molecule has 0 spiro atoms. The Morgan fingerprint density at radius 3 is 2.39 bits per heavy atom. The molecule has 106 valence electrons. The summed E-state index contributed by atoms with van der Waals surface area (Å²) in [7, 11) is 0. The summed E-state index contributed by atoms with van der Waals surface area (Å²) in [6.07, 6.45) is -3.52. The third-order valence-electron chi connectivity index (χ3n) is 3.28. The molecule has 0 unspecified atom stereocenters. The molecule has 0 aromatic carbocycles. The summed E-state index contributed by atoms with van der Waals surface area (Å²) in [5.41, 5.74) is -1.79. The van der Waals surface area contributed by atoms with Crippen molar-refractivity contribution >= 4 is 6.03 Å². The minimum atomic E-state index is -4.28. The van der Waals surface area contributed by atoms with Gasteiger partial charge < -0.3 is 16.0 Å². The molecule has 1 aliphatic heterocycles. The molecule has 0 bridgehead atoms. The molecule has 1 aliphatic rings. The number of hydrogen-bond donors (Lipinski definition) is 3. The summed E-state index contributed by atoms with van der Waals surface area (Å²) >= 11 is 0. The van der Waals surface area contributed by atoms with E-state index in [1.54, 1.807) is 0 Å². The van der Waals surface area contributed by atoms with E-state index < -0.39 is 17.6 Å². The van der Waals surface area contributed by atoms with Gasteiger partial charge in [0.25, 0.3) is 0 Å². The van der Waals surface area contributed by atoms with E-state index in [1.165, 1.54) is 0 Å². The summed E-state index contributed by atoms with van der Waals surface area (Å²) in [6, 6.07) is -0.529. The van der Waals surface area contributed by atoms with E-state index in [-0.39, 0.29) is 19.4 Å². The highest BCUT2D eigenvalue weighted by Crippen LogP contribution is 2.44. The molecule has 18 heavy (non-hydrogen) atoms. The van der Waals surface area contributed by atoms with Crippen LogP contribution in [0.3, 0.4) is 0 Å². The molecule has 7 heteroatoms. The fourth-order valence-corrected chi connectivity index (χ4v) is 2.02. The van der Waals surface area contributed by atoms with E-state index in [0.717, 1.165) is 6.42 Å². The van der Waals surface area contributed by atoms with Crippen LogP contribution in [0, 0.1) is 5.41 Å². The Bertz CT molecular complexity index is 275. The van der Waals surface area contributed by atoms with Crippen molar-refractivity contribution in [2.24, 2.45) is 5.41 Å². The van der Waals surface area contributed by atoms with Crippen molar-refractivity contribution < 1.29 is 18.0 Å². The van der Waals surface area contributed by atoms with Crippen molar-refractivity contribution in [1.82, 2.24) is 16.0 Å². The standard InChI is InChI=1S/C11H20F3N3O/c1-2-5-16-9(18)17-8-10(11(12,13)14)3-6-15-7-4-10/h15H,2-8H2,1H3,(H2,16,17,18). The molecule has 0 aromatic rings. The Balaban J connectivity index is 2.55. The van der Waals surface area contributed by atoms with Gasteiger partial charge in [0.05, 0.1) is 5.41 Å². The lowest BCUT2D eigenvalue weighted by Gasteiger charge is -2.39. The van der Waals surface area contributed by atoms with Crippen LogP contribution >= 0.6 is 0 Å². The highest BCUT2D eigenvalue weighted by molar-refractivity contribution is 5.73. The van der Waals surface area contributed by atoms with Gasteiger partial charge in [-0.25, -0.2) is 4.79 Å². The molecular formula is C11H20F3N3O. The van der Waals surface area contributed by atoms with Crippen molar-refractivity contribution in [3.8, 4) is 0 Å². The third kappa shape index (κ3) is 3.76. The topological polar surface area (TPSA) is 53.2 Å². The largest absolute Gasteiger partial charge is 0.396 e. The smallest absolute Gasteiger partial charge is 0.338 e. The second-order valence-electron chi connectivity index (χ2n) is 4.64. The van der Waals surface area contributed by atoms with Gasteiger partial charge in [-0.1, -0.05) is 6.92 Å². The van der Waals surface area contributed by atoms with Gasteiger partial charge in [0, 0.05) is 13.1 Å². The normalized spacial score (nSPS) is 19.3. The fourth-order valence-electron chi connectivity index (χ4n) is 2.02. The molecule has 0 aromatic heterocycles. The Labute approximate surface area is 105 Å². The molecule has 1 saturated heterocycles. The van der Waals surface area contributed by atoms with Gasteiger partial charge >= 0.3 is 12.2 Å². The van der Waals surface area contributed by atoms with Gasteiger partial charge in [0.15, 0.2) is 0 Å². The lowest BCUT2D eigenvalue weighted by Crippen LogP contribution is -2.54. The van der Waals surface area contributed by atoms with Crippen LogP contribution in [-0.4, -0.2) is 38.4 Å². The van der Waals surface area contributed by atoms with E-state index in [0.29, 0.717) is 19.6 Å². The number of carbonyl (C=O) groups is 1. The summed E-state index contributed by atoms with van der Waals surface area (Å²) in [4.78, 5) is 11.3. The summed E-state index contributed by atoms with van der Waals surface area (Å²) in [5.74, 6) is 0.